The van der Waals surface area contributed by atoms with Gasteiger partial charge in [0.05, 0.1) is 5.69 Å². The maximum atomic E-state index is 5.50. The molecule has 1 atom stereocenters. The van der Waals surface area contributed by atoms with Gasteiger partial charge in [0.2, 0.25) is 0 Å². The van der Waals surface area contributed by atoms with Crippen LogP contribution in [-0.2, 0) is 16.8 Å². The number of ether oxygens (including phenoxy) is 1. The van der Waals surface area contributed by atoms with E-state index in [4.69, 9.17) is 4.74 Å². The largest absolute Gasteiger partial charge is 0.372 e. The third-order valence-corrected chi connectivity index (χ3v) is 3.21. The van der Waals surface area contributed by atoms with E-state index in [1.807, 2.05) is 6.07 Å². The Labute approximate surface area is 86.5 Å². The van der Waals surface area contributed by atoms with Crippen molar-refractivity contribution in [2.75, 3.05) is 7.11 Å². The predicted octanol–water partition coefficient (Wildman–Crippen LogP) is 2.65. The number of halogens is 1. The zero-order chi connectivity index (χ0) is 9.47. The summed E-state index contributed by atoms with van der Waals surface area (Å²) < 4.78 is 6.38. The van der Waals surface area contributed by atoms with Gasteiger partial charge in [-0.2, -0.15) is 0 Å². The van der Waals surface area contributed by atoms with Gasteiger partial charge in [0.1, 0.15) is 10.2 Å². The van der Waals surface area contributed by atoms with Gasteiger partial charge in [-0.3, -0.25) is 0 Å². The fourth-order valence-corrected chi connectivity index (χ4v) is 2.12. The smallest absolute Gasteiger partial charge is 0.107 e. The monoisotopic (exact) mass is 241 g/mol. The van der Waals surface area contributed by atoms with Crippen LogP contribution in [0.1, 0.15) is 24.6 Å². The summed E-state index contributed by atoms with van der Waals surface area (Å²) in [6.45, 7) is 2.10. The Morgan fingerprint density at radius 2 is 2.31 bits per heavy atom. The molecule has 2 nitrogen and oxygen atoms in total. The summed E-state index contributed by atoms with van der Waals surface area (Å²) in [5.41, 5.74) is 2.22. The maximum Gasteiger partial charge on any atom is 0.107 e. The van der Waals surface area contributed by atoms with E-state index < -0.39 is 0 Å². The molecule has 1 aliphatic carbocycles. The third-order valence-electron chi connectivity index (χ3n) is 2.77. The van der Waals surface area contributed by atoms with Gasteiger partial charge in [-0.15, -0.1) is 0 Å². The second kappa shape index (κ2) is 3.07. The summed E-state index contributed by atoms with van der Waals surface area (Å²) in [5.74, 6) is 0. The predicted molar refractivity (Wildman–Crippen MR) is 54.6 cm³/mol. The van der Waals surface area contributed by atoms with Crippen LogP contribution < -0.4 is 0 Å². The van der Waals surface area contributed by atoms with Gasteiger partial charge in [0.15, 0.2) is 0 Å². The average molecular weight is 242 g/mol. The lowest BCUT2D eigenvalue weighted by Gasteiger charge is -2.22. The van der Waals surface area contributed by atoms with Crippen LogP contribution in [0.4, 0.5) is 0 Å². The fraction of sp³-hybridized carbons (Fsp3) is 0.500. The van der Waals surface area contributed by atoms with E-state index in [0.29, 0.717) is 0 Å². The van der Waals surface area contributed by atoms with Crippen molar-refractivity contribution in [1.82, 2.24) is 4.98 Å². The minimum absolute atomic E-state index is 0.181. The molecular formula is C10H12BrNO. The first-order chi connectivity index (χ1) is 6.15. The maximum absolute atomic E-state index is 5.50. The highest BCUT2D eigenvalue weighted by Crippen LogP contribution is 2.38. The van der Waals surface area contributed by atoms with Crippen molar-refractivity contribution >= 4 is 15.9 Å². The molecule has 0 N–H and O–H groups in total. The topological polar surface area (TPSA) is 22.1 Å². The van der Waals surface area contributed by atoms with Gasteiger partial charge in [-0.05, 0) is 47.3 Å². The molecule has 0 spiro atoms. The van der Waals surface area contributed by atoms with Crippen LogP contribution in [0.3, 0.4) is 0 Å². The molecule has 0 saturated heterocycles. The minimum Gasteiger partial charge on any atom is -0.372 e. The van der Waals surface area contributed by atoms with Gasteiger partial charge in [0, 0.05) is 7.11 Å². The molecule has 2 rings (SSSR count). The Bertz CT molecular complexity index is 340. The van der Waals surface area contributed by atoms with Gasteiger partial charge < -0.3 is 4.74 Å². The van der Waals surface area contributed by atoms with Gasteiger partial charge in [-0.25, -0.2) is 4.98 Å². The van der Waals surface area contributed by atoms with Gasteiger partial charge >= 0.3 is 0 Å². The molecule has 1 aromatic rings. The summed E-state index contributed by atoms with van der Waals surface area (Å²) in [6, 6.07) is 4.11. The normalized spacial score (nSPS) is 26.1. The SMILES string of the molecule is COC1(C)CCc2ccc(Br)nc21. The summed E-state index contributed by atoms with van der Waals surface area (Å²) in [7, 11) is 1.75. The molecule has 0 amide bonds. The van der Waals surface area contributed by atoms with Crippen LogP contribution in [0, 0.1) is 0 Å². The molecule has 0 aromatic carbocycles. The van der Waals surface area contributed by atoms with Crippen LogP contribution in [0.5, 0.6) is 0 Å². The van der Waals surface area contributed by atoms with E-state index >= 15 is 0 Å². The number of hydrogen-bond acceptors (Lipinski definition) is 2. The van der Waals surface area contributed by atoms with Crippen molar-refractivity contribution in [2.24, 2.45) is 0 Å². The Balaban J connectivity index is 2.52. The zero-order valence-electron chi connectivity index (χ0n) is 7.80. The fourth-order valence-electron chi connectivity index (χ4n) is 1.81. The van der Waals surface area contributed by atoms with Gasteiger partial charge in [-0.1, -0.05) is 6.07 Å². The number of nitrogens with zero attached hydrogens (tertiary/aromatic N) is 1. The average Bonchev–Trinajstić information content (AvgIpc) is 2.45. The lowest BCUT2D eigenvalue weighted by molar-refractivity contribution is 0.000411. The number of pyridine rings is 1. The highest BCUT2D eigenvalue weighted by atomic mass is 79.9. The molecule has 0 bridgehead atoms. The molecule has 0 fully saturated rings. The van der Waals surface area contributed by atoms with Crippen LogP contribution in [0.15, 0.2) is 16.7 Å². The van der Waals surface area contributed by atoms with E-state index in [1.54, 1.807) is 7.11 Å². The number of fused-ring (bicyclic) bond motifs is 1. The molecule has 0 saturated carbocycles. The van der Waals surface area contributed by atoms with Crippen molar-refractivity contribution in [1.29, 1.82) is 0 Å². The van der Waals surface area contributed by atoms with E-state index in [-0.39, 0.29) is 5.60 Å². The molecule has 1 heterocycles. The number of methoxy groups -OCH3 is 1. The summed E-state index contributed by atoms with van der Waals surface area (Å²) in [6.07, 6.45) is 2.10. The molecule has 3 heteroatoms. The number of rotatable bonds is 1. The van der Waals surface area contributed by atoms with E-state index in [0.717, 1.165) is 23.1 Å². The van der Waals surface area contributed by atoms with Crippen molar-refractivity contribution < 1.29 is 4.74 Å². The first-order valence-corrected chi connectivity index (χ1v) is 5.16. The first-order valence-electron chi connectivity index (χ1n) is 4.37. The number of aryl methyl sites for hydroxylation is 1. The van der Waals surface area contributed by atoms with Crippen molar-refractivity contribution in [3.05, 3.63) is 28.0 Å². The van der Waals surface area contributed by atoms with E-state index in [9.17, 15) is 0 Å². The summed E-state index contributed by atoms with van der Waals surface area (Å²) in [4.78, 5) is 4.47. The number of aromatic nitrogens is 1. The number of hydrogen-bond donors (Lipinski definition) is 0. The van der Waals surface area contributed by atoms with Crippen LogP contribution in [0.25, 0.3) is 0 Å². The zero-order valence-corrected chi connectivity index (χ0v) is 9.39. The highest BCUT2D eigenvalue weighted by molar-refractivity contribution is 9.10. The molecular weight excluding hydrogens is 230 g/mol. The quantitative estimate of drug-likeness (QED) is 0.706. The minimum atomic E-state index is -0.181. The molecule has 13 heavy (non-hydrogen) atoms. The van der Waals surface area contributed by atoms with E-state index in [1.165, 1.54) is 5.56 Å². The third kappa shape index (κ3) is 1.40. The first kappa shape index (κ1) is 9.16. The van der Waals surface area contributed by atoms with E-state index in [2.05, 4.69) is 33.9 Å². The van der Waals surface area contributed by atoms with Gasteiger partial charge in [0.25, 0.3) is 0 Å². The Morgan fingerprint density at radius 1 is 1.54 bits per heavy atom. The summed E-state index contributed by atoms with van der Waals surface area (Å²) in [5, 5.41) is 0. The van der Waals surface area contributed by atoms with Crippen molar-refractivity contribution in [3.63, 3.8) is 0 Å². The van der Waals surface area contributed by atoms with Crippen LogP contribution >= 0.6 is 15.9 Å². The molecule has 1 aromatic heterocycles. The van der Waals surface area contributed by atoms with Crippen molar-refractivity contribution in [3.8, 4) is 0 Å². The van der Waals surface area contributed by atoms with Crippen LogP contribution in [-0.4, -0.2) is 12.1 Å². The molecule has 1 unspecified atom stereocenters. The lowest BCUT2D eigenvalue weighted by Crippen LogP contribution is -2.21. The molecule has 0 aliphatic heterocycles. The Morgan fingerprint density at radius 3 is 3.00 bits per heavy atom. The second-order valence-electron chi connectivity index (χ2n) is 3.58. The molecule has 70 valence electrons. The molecule has 0 radical (unpaired) electrons. The summed E-state index contributed by atoms with van der Waals surface area (Å²) >= 11 is 3.38. The Hall–Kier alpha value is -0.410. The van der Waals surface area contributed by atoms with Crippen molar-refractivity contribution in [2.45, 2.75) is 25.4 Å². The van der Waals surface area contributed by atoms with Crippen LogP contribution in [0.2, 0.25) is 0 Å². The lowest BCUT2D eigenvalue weighted by atomic mass is 10.0. The second-order valence-corrected chi connectivity index (χ2v) is 4.39. The Kier molecular flexibility index (Phi) is 2.16. The highest BCUT2D eigenvalue weighted by Gasteiger charge is 2.35. The molecule has 1 aliphatic rings. The standard InChI is InChI=1S/C10H12BrNO/c1-10(13-2)6-5-7-3-4-8(11)12-9(7)10/h3-4H,5-6H2,1-2H3.